The molecular formula is C25H34. The number of rotatable bonds is 6. The van der Waals surface area contributed by atoms with Gasteiger partial charge in [-0.15, -0.1) is 0 Å². The van der Waals surface area contributed by atoms with Gasteiger partial charge in [-0.1, -0.05) is 64.8 Å². The first kappa shape index (κ1) is 18.2. The lowest BCUT2D eigenvalue weighted by Gasteiger charge is -2.23. The molecule has 0 fully saturated rings. The van der Waals surface area contributed by atoms with E-state index in [-0.39, 0.29) is 5.41 Å². The highest BCUT2D eigenvalue weighted by atomic mass is 14.4. The molecule has 1 aliphatic carbocycles. The quantitative estimate of drug-likeness (QED) is 0.520. The maximum Gasteiger partial charge on any atom is 0.0159 e. The maximum absolute atomic E-state index is 2.51. The van der Waals surface area contributed by atoms with E-state index in [9.17, 15) is 0 Å². The van der Waals surface area contributed by atoms with E-state index in [0.717, 1.165) is 0 Å². The van der Waals surface area contributed by atoms with E-state index in [0.29, 0.717) is 0 Å². The van der Waals surface area contributed by atoms with Crippen molar-refractivity contribution in [2.75, 3.05) is 0 Å². The van der Waals surface area contributed by atoms with Crippen molar-refractivity contribution in [3.63, 3.8) is 0 Å². The highest BCUT2D eigenvalue weighted by molar-refractivity contribution is 5.82. The van der Waals surface area contributed by atoms with Crippen molar-refractivity contribution in [3.8, 4) is 11.1 Å². The van der Waals surface area contributed by atoms with Crippen LogP contribution in [0.3, 0.4) is 0 Å². The van der Waals surface area contributed by atoms with Gasteiger partial charge in [-0.05, 0) is 84.0 Å². The molecule has 0 saturated carbocycles. The Morgan fingerprint density at radius 2 is 1.08 bits per heavy atom. The molecule has 2 aromatic carbocycles. The summed E-state index contributed by atoms with van der Waals surface area (Å²) in [7, 11) is 0. The molecule has 0 saturated heterocycles. The zero-order valence-electron chi connectivity index (χ0n) is 17.1. The van der Waals surface area contributed by atoms with Crippen molar-refractivity contribution in [1.82, 2.24) is 0 Å². The van der Waals surface area contributed by atoms with Gasteiger partial charge in [0.25, 0.3) is 0 Å². The SMILES string of the molecule is CCCCc1cc2c(cc1C)C(C)(C)c1cc(C)c(CCCC)cc1-2. The summed E-state index contributed by atoms with van der Waals surface area (Å²) < 4.78 is 0. The Morgan fingerprint density at radius 3 is 1.44 bits per heavy atom. The molecule has 0 nitrogen and oxygen atoms in total. The van der Waals surface area contributed by atoms with Crippen molar-refractivity contribution in [3.05, 3.63) is 57.6 Å². The van der Waals surface area contributed by atoms with Crippen LogP contribution in [0.15, 0.2) is 24.3 Å². The van der Waals surface area contributed by atoms with Crippen molar-refractivity contribution in [1.29, 1.82) is 0 Å². The molecule has 0 amide bonds. The molecule has 0 radical (unpaired) electrons. The number of unbranched alkanes of at least 4 members (excludes halogenated alkanes) is 2. The lowest BCUT2D eigenvalue weighted by molar-refractivity contribution is 0.657. The van der Waals surface area contributed by atoms with Gasteiger partial charge in [0, 0.05) is 5.41 Å². The van der Waals surface area contributed by atoms with Crippen LogP contribution in [0.2, 0.25) is 0 Å². The Bertz CT molecular complexity index is 712. The molecule has 25 heavy (non-hydrogen) atoms. The molecule has 0 unspecified atom stereocenters. The monoisotopic (exact) mass is 334 g/mol. The lowest BCUT2D eigenvalue weighted by Crippen LogP contribution is -2.15. The van der Waals surface area contributed by atoms with E-state index in [1.54, 1.807) is 11.1 Å². The minimum atomic E-state index is 0.118. The summed E-state index contributed by atoms with van der Waals surface area (Å²) in [4.78, 5) is 0. The molecule has 0 bridgehead atoms. The zero-order chi connectivity index (χ0) is 18.2. The first-order valence-corrected chi connectivity index (χ1v) is 10.2. The summed E-state index contributed by atoms with van der Waals surface area (Å²) in [5.74, 6) is 0. The molecule has 0 N–H and O–H groups in total. The van der Waals surface area contributed by atoms with Gasteiger partial charge >= 0.3 is 0 Å². The van der Waals surface area contributed by atoms with Crippen LogP contribution in [0, 0.1) is 13.8 Å². The zero-order valence-corrected chi connectivity index (χ0v) is 17.1. The molecule has 3 rings (SSSR count). The maximum atomic E-state index is 2.51. The van der Waals surface area contributed by atoms with Crippen LogP contribution in [-0.4, -0.2) is 0 Å². The Hall–Kier alpha value is -1.56. The van der Waals surface area contributed by atoms with Gasteiger partial charge in [-0.25, -0.2) is 0 Å². The number of aryl methyl sites for hydroxylation is 4. The van der Waals surface area contributed by atoms with Crippen LogP contribution in [0.4, 0.5) is 0 Å². The summed E-state index contributed by atoms with van der Waals surface area (Å²) in [6, 6.07) is 9.96. The van der Waals surface area contributed by atoms with Gasteiger partial charge in [0.1, 0.15) is 0 Å². The summed E-state index contributed by atoms with van der Waals surface area (Å²) in [6.45, 7) is 13.9. The second kappa shape index (κ2) is 6.98. The van der Waals surface area contributed by atoms with Gasteiger partial charge in [0.05, 0.1) is 0 Å². The summed E-state index contributed by atoms with van der Waals surface area (Å²) >= 11 is 0. The topological polar surface area (TPSA) is 0 Å². The van der Waals surface area contributed by atoms with Gasteiger partial charge in [-0.2, -0.15) is 0 Å². The average Bonchev–Trinajstić information content (AvgIpc) is 2.78. The van der Waals surface area contributed by atoms with Gasteiger partial charge in [0.2, 0.25) is 0 Å². The van der Waals surface area contributed by atoms with Gasteiger partial charge in [0.15, 0.2) is 0 Å². The smallest absolute Gasteiger partial charge is 0.0159 e. The van der Waals surface area contributed by atoms with E-state index in [1.165, 1.54) is 71.9 Å². The van der Waals surface area contributed by atoms with Crippen molar-refractivity contribution in [2.45, 2.75) is 85.5 Å². The summed E-state index contributed by atoms with van der Waals surface area (Å²) in [5, 5.41) is 0. The first-order chi connectivity index (χ1) is 11.9. The fraction of sp³-hybridized carbons (Fsp3) is 0.520. The Labute approximate surface area is 154 Å². The summed E-state index contributed by atoms with van der Waals surface area (Å²) in [6.07, 6.45) is 7.51. The number of hydrogen-bond donors (Lipinski definition) is 0. The minimum absolute atomic E-state index is 0.118. The second-order valence-electron chi connectivity index (χ2n) is 8.48. The Kier molecular flexibility index (Phi) is 5.09. The van der Waals surface area contributed by atoms with Crippen LogP contribution < -0.4 is 0 Å². The highest BCUT2D eigenvalue weighted by Crippen LogP contribution is 2.50. The predicted octanol–water partition coefficient (Wildman–Crippen LogP) is 7.29. The fourth-order valence-electron chi connectivity index (χ4n) is 4.40. The molecule has 0 heterocycles. The van der Waals surface area contributed by atoms with Crippen molar-refractivity contribution in [2.24, 2.45) is 0 Å². The second-order valence-corrected chi connectivity index (χ2v) is 8.48. The number of benzene rings is 2. The molecular weight excluding hydrogens is 300 g/mol. The average molecular weight is 335 g/mol. The first-order valence-electron chi connectivity index (χ1n) is 10.2. The van der Waals surface area contributed by atoms with Crippen LogP contribution in [0.1, 0.15) is 86.8 Å². The van der Waals surface area contributed by atoms with E-state index < -0.39 is 0 Å². The van der Waals surface area contributed by atoms with E-state index in [1.807, 2.05) is 0 Å². The van der Waals surface area contributed by atoms with Crippen LogP contribution in [0.5, 0.6) is 0 Å². The molecule has 0 aromatic heterocycles. The van der Waals surface area contributed by atoms with Crippen LogP contribution >= 0.6 is 0 Å². The standard InChI is InChI=1S/C25H34/c1-7-9-11-19-15-21-22-16-20(12-10-8-2)18(4)14-24(22)25(5,6)23(21)13-17(19)3/h13-16H,7-12H2,1-6H3. The number of fused-ring (bicyclic) bond motifs is 3. The third-order valence-electron chi connectivity index (χ3n) is 6.19. The van der Waals surface area contributed by atoms with Crippen molar-refractivity contribution >= 4 is 0 Å². The predicted molar refractivity (Wildman–Crippen MR) is 111 cm³/mol. The van der Waals surface area contributed by atoms with Gasteiger partial charge in [-0.3, -0.25) is 0 Å². The highest BCUT2D eigenvalue weighted by Gasteiger charge is 2.36. The normalized spacial score (nSPS) is 14.5. The molecule has 0 spiro atoms. The van der Waals surface area contributed by atoms with Gasteiger partial charge < -0.3 is 0 Å². The van der Waals surface area contributed by atoms with Crippen LogP contribution in [0.25, 0.3) is 11.1 Å². The molecule has 0 heteroatoms. The minimum Gasteiger partial charge on any atom is -0.0654 e. The molecule has 0 atom stereocenters. The molecule has 1 aliphatic rings. The fourth-order valence-corrected chi connectivity index (χ4v) is 4.40. The largest absolute Gasteiger partial charge is 0.0654 e. The molecule has 0 aliphatic heterocycles. The van der Waals surface area contributed by atoms with E-state index in [4.69, 9.17) is 0 Å². The Morgan fingerprint density at radius 1 is 0.680 bits per heavy atom. The van der Waals surface area contributed by atoms with Crippen LogP contribution in [-0.2, 0) is 18.3 Å². The van der Waals surface area contributed by atoms with Crippen molar-refractivity contribution < 1.29 is 0 Å². The van der Waals surface area contributed by atoms with E-state index in [2.05, 4.69) is 65.8 Å². The lowest BCUT2D eigenvalue weighted by atomic mass is 9.80. The number of hydrogen-bond acceptors (Lipinski definition) is 0. The molecule has 2 aromatic rings. The molecule has 134 valence electrons. The summed E-state index contributed by atoms with van der Waals surface area (Å²) in [5.41, 5.74) is 12.2. The van der Waals surface area contributed by atoms with E-state index >= 15 is 0 Å². The Balaban J connectivity index is 2.14. The third-order valence-corrected chi connectivity index (χ3v) is 6.19. The third kappa shape index (κ3) is 3.16.